The minimum Gasteiger partial charge on any atom is -0.497 e. The molecule has 0 bridgehead atoms. The number of hydrogen-bond acceptors (Lipinski definition) is 5. The van der Waals surface area contributed by atoms with Crippen LogP contribution in [0.25, 0.3) is 0 Å². The van der Waals surface area contributed by atoms with Crippen LogP contribution in [0.1, 0.15) is 18.4 Å². The standard InChI is InChI=1S/C19H24N4O2/c1-25-17-4-2-3-15(13-17)5-8-22-19(24)16-6-11-23(12-7-16)18-14-20-9-10-21-18/h2-4,9-10,13-14,16H,5-8,11-12H2,1H3,(H,22,24). The summed E-state index contributed by atoms with van der Waals surface area (Å²) >= 11 is 0. The molecule has 1 amide bonds. The number of hydrogen-bond donors (Lipinski definition) is 1. The first-order valence-corrected chi connectivity index (χ1v) is 8.68. The third-order valence-electron chi connectivity index (χ3n) is 4.59. The van der Waals surface area contributed by atoms with Gasteiger partial charge >= 0.3 is 0 Å². The molecule has 132 valence electrons. The quantitative estimate of drug-likeness (QED) is 0.872. The Bertz CT molecular complexity index is 685. The van der Waals surface area contributed by atoms with Gasteiger partial charge in [-0.15, -0.1) is 0 Å². The highest BCUT2D eigenvalue weighted by Gasteiger charge is 2.25. The second-order valence-corrected chi connectivity index (χ2v) is 6.22. The highest BCUT2D eigenvalue weighted by molar-refractivity contribution is 5.79. The predicted octanol–water partition coefficient (Wildman–Crippen LogP) is 2.06. The Labute approximate surface area is 148 Å². The maximum atomic E-state index is 12.4. The van der Waals surface area contributed by atoms with Crippen molar-refractivity contribution < 1.29 is 9.53 Å². The van der Waals surface area contributed by atoms with E-state index in [0.717, 1.165) is 49.5 Å². The van der Waals surface area contributed by atoms with E-state index in [1.54, 1.807) is 25.7 Å². The summed E-state index contributed by atoms with van der Waals surface area (Å²) in [6, 6.07) is 7.95. The first-order valence-electron chi connectivity index (χ1n) is 8.68. The van der Waals surface area contributed by atoms with E-state index >= 15 is 0 Å². The lowest BCUT2D eigenvalue weighted by Gasteiger charge is -2.31. The van der Waals surface area contributed by atoms with Crippen molar-refractivity contribution in [2.45, 2.75) is 19.3 Å². The summed E-state index contributed by atoms with van der Waals surface area (Å²) in [6.45, 7) is 2.33. The molecule has 1 N–H and O–H groups in total. The largest absolute Gasteiger partial charge is 0.497 e. The average molecular weight is 340 g/mol. The first kappa shape index (κ1) is 17.2. The number of piperidine rings is 1. The van der Waals surface area contributed by atoms with Crippen molar-refractivity contribution in [1.29, 1.82) is 0 Å². The molecular formula is C19H24N4O2. The van der Waals surface area contributed by atoms with Crippen LogP contribution in [-0.2, 0) is 11.2 Å². The van der Waals surface area contributed by atoms with Crippen LogP contribution in [0.3, 0.4) is 0 Å². The molecule has 1 aliphatic heterocycles. The van der Waals surface area contributed by atoms with Crippen molar-refractivity contribution in [3.05, 3.63) is 48.4 Å². The molecule has 0 aliphatic carbocycles. The molecule has 1 saturated heterocycles. The topological polar surface area (TPSA) is 67.3 Å². The van der Waals surface area contributed by atoms with Crippen LogP contribution in [0, 0.1) is 5.92 Å². The molecule has 1 aliphatic rings. The summed E-state index contributed by atoms with van der Waals surface area (Å²) in [6.07, 6.45) is 7.65. The van der Waals surface area contributed by atoms with Crippen LogP contribution in [0.2, 0.25) is 0 Å². The van der Waals surface area contributed by atoms with Crippen molar-refractivity contribution in [1.82, 2.24) is 15.3 Å². The van der Waals surface area contributed by atoms with Gasteiger partial charge in [0.05, 0.1) is 13.3 Å². The number of nitrogens with zero attached hydrogens (tertiary/aromatic N) is 3. The number of aromatic nitrogens is 2. The highest BCUT2D eigenvalue weighted by atomic mass is 16.5. The number of ether oxygens (including phenoxy) is 1. The second-order valence-electron chi connectivity index (χ2n) is 6.22. The van der Waals surface area contributed by atoms with Gasteiger partial charge in [0.15, 0.2) is 0 Å². The minimum absolute atomic E-state index is 0.0817. The molecule has 2 heterocycles. The zero-order chi connectivity index (χ0) is 17.5. The van der Waals surface area contributed by atoms with Gasteiger partial charge in [-0.25, -0.2) is 4.98 Å². The summed E-state index contributed by atoms with van der Waals surface area (Å²) < 4.78 is 5.22. The van der Waals surface area contributed by atoms with Crippen LogP contribution in [-0.4, -0.2) is 42.6 Å². The van der Waals surface area contributed by atoms with Crippen molar-refractivity contribution in [3.63, 3.8) is 0 Å². The summed E-state index contributed by atoms with van der Waals surface area (Å²) in [5.74, 6) is 1.97. The Morgan fingerprint density at radius 2 is 2.16 bits per heavy atom. The van der Waals surface area contributed by atoms with Gasteiger partial charge in [-0.1, -0.05) is 12.1 Å². The molecule has 1 aromatic heterocycles. The molecule has 3 rings (SSSR count). The van der Waals surface area contributed by atoms with Gasteiger partial charge < -0.3 is 15.0 Å². The molecule has 6 heteroatoms. The molecule has 0 saturated carbocycles. The van der Waals surface area contributed by atoms with Crippen LogP contribution in [0.15, 0.2) is 42.9 Å². The average Bonchev–Trinajstić information content (AvgIpc) is 2.69. The third kappa shape index (κ3) is 4.68. The van der Waals surface area contributed by atoms with Gasteiger partial charge in [0.2, 0.25) is 5.91 Å². The van der Waals surface area contributed by atoms with Gasteiger partial charge in [-0.2, -0.15) is 0 Å². The van der Waals surface area contributed by atoms with Crippen molar-refractivity contribution in [3.8, 4) is 5.75 Å². The lowest BCUT2D eigenvalue weighted by atomic mass is 9.96. The molecule has 0 unspecified atom stereocenters. The van der Waals surface area contributed by atoms with E-state index in [4.69, 9.17) is 4.74 Å². The summed E-state index contributed by atoms with van der Waals surface area (Å²) in [7, 11) is 1.66. The van der Waals surface area contributed by atoms with Gasteiger partial charge in [0, 0.05) is 37.9 Å². The van der Waals surface area contributed by atoms with Gasteiger partial charge in [-0.3, -0.25) is 9.78 Å². The zero-order valence-corrected chi connectivity index (χ0v) is 14.5. The van der Waals surface area contributed by atoms with Gasteiger partial charge in [0.1, 0.15) is 11.6 Å². The monoisotopic (exact) mass is 340 g/mol. The van der Waals surface area contributed by atoms with Crippen LogP contribution in [0.5, 0.6) is 5.75 Å². The fraction of sp³-hybridized carbons (Fsp3) is 0.421. The summed E-state index contributed by atoms with van der Waals surface area (Å²) in [5.41, 5.74) is 1.16. The second kappa shape index (κ2) is 8.46. The van der Waals surface area contributed by atoms with Gasteiger partial charge in [-0.05, 0) is 37.0 Å². The molecule has 0 radical (unpaired) electrons. The fourth-order valence-electron chi connectivity index (χ4n) is 3.13. The Morgan fingerprint density at radius 3 is 2.88 bits per heavy atom. The SMILES string of the molecule is COc1cccc(CCNC(=O)C2CCN(c3cnccn3)CC2)c1. The van der Waals surface area contributed by atoms with Gasteiger partial charge in [0.25, 0.3) is 0 Å². The van der Waals surface area contributed by atoms with E-state index < -0.39 is 0 Å². The molecule has 2 aromatic rings. The number of carbonyl (C=O) groups excluding carboxylic acids is 1. The minimum atomic E-state index is 0.0817. The van der Waals surface area contributed by atoms with E-state index in [1.165, 1.54) is 0 Å². The van der Waals surface area contributed by atoms with E-state index in [-0.39, 0.29) is 11.8 Å². The highest BCUT2D eigenvalue weighted by Crippen LogP contribution is 2.21. The molecule has 1 fully saturated rings. The van der Waals surface area contributed by atoms with Crippen molar-refractivity contribution in [2.24, 2.45) is 5.92 Å². The van der Waals surface area contributed by atoms with E-state index in [9.17, 15) is 4.79 Å². The number of carbonyl (C=O) groups is 1. The third-order valence-corrected chi connectivity index (χ3v) is 4.59. The lowest BCUT2D eigenvalue weighted by molar-refractivity contribution is -0.125. The number of rotatable bonds is 6. The number of nitrogens with one attached hydrogen (secondary N) is 1. The first-order chi connectivity index (χ1) is 12.3. The Balaban J connectivity index is 1.42. The summed E-state index contributed by atoms with van der Waals surface area (Å²) in [4.78, 5) is 23.0. The lowest BCUT2D eigenvalue weighted by Crippen LogP contribution is -2.41. The van der Waals surface area contributed by atoms with Crippen molar-refractivity contribution in [2.75, 3.05) is 31.6 Å². The van der Waals surface area contributed by atoms with Crippen molar-refractivity contribution >= 4 is 11.7 Å². The van der Waals surface area contributed by atoms with Crippen LogP contribution >= 0.6 is 0 Å². The van der Waals surface area contributed by atoms with E-state index in [1.807, 2.05) is 24.3 Å². The molecule has 25 heavy (non-hydrogen) atoms. The number of anilines is 1. The number of benzene rings is 1. The molecular weight excluding hydrogens is 316 g/mol. The smallest absolute Gasteiger partial charge is 0.223 e. The van der Waals surface area contributed by atoms with E-state index in [0.29, 0.717) is 6.54 Å². The Hall–Kier alpha value is -2.63. The fourth-order valence-corrected chi connectivity index (χ4v) is 3.13. The maximum Gasteiger partial charge on any atom is 0.223 e. The van der Waals surface area contributed by atoms with E-state index in [2.05, 4.69) is 20.2 Å². The molecule has 0 spiro atoms. The number of amides is 1. The summed E-state index contributed by atoms with van der Waals surface area (Å²) in [5, 5.41) is 3.07. The zero-order valence-electron chi connectivity index (χ0n) is 14.5. The Kier molecular flexibility index (Phi) is 5.82. The maximum absolute atomic E-state index is 12.4. The van der Waals surface area contributed by atoms with Crippen LogP contribution in [0.4, 0.5) is 5.82 Å². The molecule has 1 aromatic carbocycles. The number of methoxy groups -OCH3 is 1. The predicted molar refractivity (Wildman–Crippen MR) is 96.7 cm³/mol. The Morgan fingerprint density at radius 1 is 1.32 bits per heavy atom. The normalized spacial score (nSPS) is 15.0. The molecule has 6 nitrogen and oxygen atoms in total. The molecule has 0 atom stereocenters. The van der Waals surface area contributed by atoms with Crippen LogP contribution < -0.4 is 15.0 Å².